The Morgan fingerprint density at radius 2 is 1.43 bits per heavy atom. The molecule has 0 unspecified atom stereocenters. The average molecular weight is 385 g/mol. The molecule has 158 valence electrons. The molecule has 1 N–H and O–H groups in total. The quantitative estimate of drug-likeness (QED) is 0.301. The maximum absolute atomic E-state index is 10.2. The van der Waals surface area contributed by atoms with E-state index >= 15 is 0 Å². The van der Waals surface area contributed by atoms with Crippen molar-refractivity contribution in [2.24, 2.45) is 10.8 Å². The van der Waals surface area contributed by atoms with Gasteiger partial charge in [-0.15, -0.1) is 0 Å². The van der Waals surface area contributed by atoms with E-state index in [4.69, 9.17) is 0 Å². The Morgan fingerprint density at radius 3 is 2.07 bits per heavy atom. The highest BCUT2D eigenvalue weighted by atomic mass is 16.3. The molecule has 2 fully saturated rings. The van der Waals surface area contributed by atoms with Gasteiger partial charge in [0.05, 0.1) is 0 Å². The Kier molecular flexibility index (Phi) is 7.89. The Hall–Kier alpha value is -0.980. The van der Waals surface area contributed by atoms with Crippen molar-refractivity contribution in [1.29, 1.82) is 0 Å². The van der Waals surface area contributed by atoms with Crippen molar-refractivity contribution in [3.8, 4) is 5.75 Å². The van der Waals surface area contributed by atoms with Crippen LogP contribution in [0.2, 0.25) is 0 Å². The van der Waals surface area contributed by atoms with Gasteiger partial charge in [-0.1, -0.05) is 70.9 Å². The van der Waals surface area contributed by atoms with Gasteiger partial charge in [0.25, 0.3) is 0 Å². The van der Waals surface area contributed by atoms with Crippen LogP contribution in [0.1, 0.15) is 121 Å². The van der Waals surface area contributed by atoms with Crippen molar-refractivity contribution in [3.05, 3.63) is 29.3 Å². The number of aryl methyl sites for hydroxylation is 2. The van der Waals surface area contributed by atoms with Gasteiger partial charge in [-0.3, -0.25) is 0 Å². The zero-order valence-corrected chi connectivity index (χ0v) is 18.7. The summed E-state index contributed by atoms with van der Waals surface area (Å²) >= 11 is 0. The third-order valence-electron chi connectivity index (χ3n) is 7.85. The summed E-state index contributed by atoms with van der Waals surface area (Å²) < 4.78 is 0. The lowest BCUT2D eigenvalue weighted by atomic mass is 9.94. The fraction of sp³-hybridized carbons (Fsp3) is 0.778. The first kappa shape index (κ1) is 21.7. The molecule has 3 rings (SSSR count). The van der Waals surface area contributed by atoms with E-state index < -0.39 is 0 Å². The molecule has 1 nitrogen and oxygen atoms in total. The Bertz CT molecular complexity index is 594. The minimum atomic E-state index is 0.503. The van der Waals surface area contributed by atoms with Crippen LogP contribution in [-0.4, -0.2) is 5.11 Å². The van der Waals surface area contributed by atoms with Gasteiger partial charge in [0.15, 0.2) is 0 Å². The number of unbranched alkanes of at least 4 members (excludes halogenated alkanes) is 6. The first-order valence-electron chi connectivity index (χ1n) is 12.4. The molecule has 0 atom stereocenters. The van der Waals surface area contributed by atoms with E-state index in [9.17, 15) is 5.11 Å². The second kappa shape index (κ2) is 10.2. The molecule has 0 aromatic heterocycles. The molecule has 28 heavy (non-hydrogen) atoms. The third-order valence-corrected chi connectivity index (χ3v) is 7.85. The number of phenolic OH excluding ortho intramolecular Hbond substituents is 1. The van der Waals surface area contributed by atoms with Crippen molar-refractivity contribution in [3.63, 3.8) is 0 Å². The van der Waals surface area contributed by atoms with E-state index in [0.29, 0.717) is 11.2 Å². The predicted octanol–water partition coefficient (Wildman–Crippen LogP) is 8.37. The molecule has 0 saturated heterocycles. The minimum Gasteiger partial charge on any atom is -0.508 e. The molecule has 0 aliphatic heterocycles. The van der Waals surface area contributed by atoms with Gasteiger partial charge in [0.1, 0.15) is 5.75 Å². The second-order valence-electron chi connectivity index (χ2n) is 10.5. The van der Waals surface area contributed by atoms with Crippen molar-refractivity contribution in [2.75, 3.05) is 0 Å². The highest BCUT2D eigenvalue weighted by molar-refractivity contribution is 5.36. The third kappa shape index (κ3) is 7.12. The van der Waals surface area contributed by atoms with Gasteiger partial charge in [-0.2, -0.15) is 0 Å². The molecule has 2 aliphatic carbocycles. The van der Waals surface area contributed by atoms with Crippen LogP contribution in [0, 0.1) is 10.8 Å². The van der Waals surface area contributed by atoms with Crippen LogP contribution in [0.25, 0.3) is 0 Å². The van der Waals surface area contributed by atoms with Crippen molar-refractivity contribution in [1.82, 2.24) is 0 Å². The number of phenols is 1. The number of benzene rings is 1. The Labute approximate surface area is 174 Å². The van der Waals surface area contributed by atoms with Crippen LogP contribution < -0.4 is 0 Å². The van der Waals surface area contributed by atoms with Crippen molar-refractivity contribution >= 4 is 0 Å². The highest BCUT2D eigenvalue weighted by Crippen LogP contribution is 2.52. The zero-order valence-electron chi connectivity index (χ0n) is 18.7. The smallest absolute Gasteiger partial charge is 0.118 e. The molecule has 1 aromatic carbocycles. The van der Waals surface area contributed by atoms with Crippen LogP contribution >= 0.6 is 0 Å². The van der Waals surface area contributed by atoms with Crippen LogP contribution in [0.4, 0.5) is 0 Å². The summed E-state index contributed by atoms with van der Waals surface area (Å²) in [6.07, 6.45) is 23.1. The normalized spacial score (nSPS) is 18.9. The lowest BCUT2D eigenvalue weighted by Gasteiger charge is -2.11. The van der Waals surface area contributed by atoms with Gasteiger partial charge in [-0.05, 0) is 92.2 Å². The van der Waals surface area contributed by atoms with Gasteiger partial charge in [-0.25, -0.2) is 0 Å². The van der Waals surface area contributed by atoms with Crippen LogP contribution in [-0.2, 0) is 12.8 Å². The molecule has 1 heteroatoms. The fourth-order valence-electron chi connectivity index (χ4n) is 4.82. The summed E-state index contributed by atoms with van der Waals surface area (Å²) in [7, 11) is 0. The standard InChI is InChI=1S/C27H44O/c1-3-27(20-21-27)17-11-7-4-8-12-23-14-15-25(28)24(22-23)13-9-5-6-10-16-26(2)18-19-26/h14-15,22,28H,3-13,16-21H2,1-2H3. The first-order valence-corrected chi connectivity index (χ1v) is 12.4. The molecule has 0 radical (unpaired) electrons. The van der Waals surface area contributed by atoms with Gasteiger partial charge >= 0.3 is 0 Å². The maximum atomic E-state index is 10.2. The highest BCUT2D eigenvalue weighted by Gasteiger charge is 2.39. The van der Waals surface area contributed by atoms with Gasteiger partial charge < -0.3 is 5.11 Å². The fourth-order valence-corrected chi connectivity index (χ4v) is 4.82. The second-order valence-corrected chi connectivity index (χ2v) is 10.5. The lowest BCUT2D eigenvalue weighted by Crippen LogP contribution is -1.97. The summed E-state index contributed by atoms with van der Waals surface area (Å²) in [6.45, 7) is 4.80. The van der Waals surface area contributed by atoms with E-state index in [1.807, 2.05) is 6.07 Å². The van der Waals surface area contributed by atoms with Crippen molar-refractivity contribution in [2.45, 2.75) is 123 Å². The number of hydrogen-bond donors (Lipinski definition) is 1. The summed E-state index contributed by atoms with van der Waals surface area (Å²) in [6, 6.07) is 6.33. The minimum absolute atomic E-state index is 0.503. The van der Waals surface area contributed by atoms with Crippen LogP contribution in [0.3, 0.4) is 0 Å². The molecule has 0 bridgehead atoms. The van der Waals surface area contributed by atoms with E-state index in [2.05, 4.69) is 26.0 Å². The van der Waals surface area contributed by atoms with E-state index in [1.165, 1.54) is 114 Å². The first-order chi connectivity index (χ1) is 13.5. The topological polar surface area (TPSA) is 20.2 Å². The van der Waals surface area contributed by atoms with E-state index in [0.717, 1.165) is 11.8 Å². The number of rotatable bonds is 15. The molecule has 1 aromatic rings. The van der Waals surface area contributed by atoms with Crippen molar-refractivity contribution < 1.29 is 5.11 Å². The summed E-state index contributed by atoms with van der Waals surface area (Å²) in [5.41, 5.74) is 4.07. The summed E-state index contributed by atoms with van der Waals surface area (Å²) in [4.78, 5) is 0. The molecule has 2 saturated carbocycles. The monoisotopic (exact) mass is 384 g/mol. The molecule has 0 heterocycles. The van der Waals surface area contributed by atoms with Crippen LogP contribution in [0.5, 0.6) is 5.75 Å². The Morgan fingerprint density at radius 1 is 0.786 bits per heavy atom. The van der Waals surface area contributed by atoms with E-state index in [-0.39, 0.29) is 0 Å². The summed E-state index contributed by atoms with van der Waals surface area (Å²) in [5.74, 6) is 0.503. The largest absolute Gasteiger partial charge is 0.508 e. The number of aromatic hydroxyl groups is 1. The Balaban J connectivity index is 1.26. The number of hydrogen-bond acceptors (Lipinski definition) is 1. The zero-order chi connectivity index (χ0) is 19.9. The maximum Gasteiger partial charge on any atom is 0.118 e. The molecule has 0 amide bonds. The van der Waals surface area contributed by atoms with Gasteiger partial charge in [0, 0.05) is 0 Å². The molecular formula is C27H44O. The van der Waals surface area contributed by atoms with E-state index in [1.54, 1.807) is 0 Å². The molecule has 2 aliphatic rings. The predicted molar refractivity (Wildman–Crippen MR) is 121 cm³/mol. The molecular weight excluding hydrogens is 340 g/mol. The molecule has 0 spiro atoms. The SMILES string of the molecule is CCC1(CCCCCCc2ccc(O)c(CCCCCCC3(C)CC3)c2)CC1. The lowest BCUT2D eigenvalue weighted by molar-refractivity contribution is 0.420. The van der Waals surface area contributed by atoms with Crippen LogP contribution in [0.15, 0.2) is 18.2 Å². The summed E-state index contributed by atoms with van der Waals surface area (Å²) in [5, 5.41) is 10.2. The van der Waals surface area contributed by atoms with Gasteiger partial charge in [0.2, 0.25) is 0 Å². The average Bonchev–Trinajstić information content (AvgIpc) is 3.61.